The molecule has 4 rings (SSSR count). The van der Waals surface area contributed by atoms with Crippen molar-refractivity contribution in [1.29, 1.82) is 0 Å². The highest BCUT2D eigenvalue weighted by Gasteiger charge is 2.10. The Bertz CT molecular complexity index is 1060. The van der Waals surface area contributed by atoms with Gasteiger partial charge in [0, 0.05) is 42.8 Å². The molecule has 2 aromatic carbocycles. The molecule has 0 amide bonds. The first kappa shape index (κ1) is 17.6. The summed E-state index contributed by atoms with van der Waals surface area (Å²) in [5, 5.41) is 11.0. The summed E-state index contributed by atoms with van der Waals surface area (Å²) in [5.41, 5.74) is 2.56. The molecule has 4 aromatic rings. The standard InChI is InChI=1S/C20H20N6O2/c1-27-16-10-15(11-17(12-16)28-2)23-20-24-19-18(21-8-9-26(19)25-20)22-13-14-6-4-3-5-7-14/h3-12H,13H2,1-2H3,(H,21,22)(H,23,25). The molecule has 8 nitrogen and oxygen atoms in total. The fraction of sp³-hybridized carbons (Fsp3) is 0.150. The zero-order valence-corrected chi connectivity index (χ0v) is 15.6. The molecule has 0 saturated heterocycles. The van der Waals surface area contributed by atoms with Gasteiger partial charge < -0.3 is 20.1 Å². The first-order valence-corrected chi connectivity index (χ1v) is 8.74. The number of methoxy groups -OCH3 is 2. The van der Waals surface area contributed by atoms with Crippen LogP contribution in [0.25, 0.3) is 5.65 Å². The van der Waals surface area contributed by atoms with E-state index in [1.807, 2.05) is 30.3 Å². The van der Waals surface area contributed by atoms with Crippen LogP contribution in [0.4, 0.5) is 17.5 Å². The molecule has 0 aliphatic heterocycles. The van der Waals surface area contributed by atoms with Crippen molar-refractivity contribution >= 4 is 23.1 Å². The second-order valence-corrected chi connectivity index (χ2v) is 6.04. The highest BCUT2D eigenvalue weighted by atomic mass is 16.5. The maximum absolute atomic E-state index is 5.30. The number of rotatable bonds is 7. The third-order valence-electron chi connectivity index (χ3n) is 4.16. The smallest absolute Gasteiger partial charge is 0.247 e. The van der Waals surface area contributed by atoms with Crippen LogP contribution >= 0.6 is 0 Å². The molecule has 2 N–H and O–H groups in total. The van der Waals surface area contributed by atoms with Gasteiger partial charge in [-0.2, -0.15) is 4.98 Å². The van der Waals surface area contributed by atoms with E-state index in [1.54, 1.807) is 37.2 Å². The molecule has 0 fully saturated rings. The Kier molecular flexibility index (Phi) is 4.92. The summed E-state index contributed by atoms with van der Waals surface area (Å²) < 4.78 is 12.3. The predicted octanol–water partition coefficient (Wildman–Crippen LogP) is 3.50. The molecular formula is C20H20N6O2. The number of aromatic nitrogens is 4. The first-order valence-electron chi connectivity index (χ1n) is 8.74. The monoisotopic (exact) mass is 376 g/mol. The minimum atomic E-state index is 0.450. The fourth-order valence-electron chi connectivity index (χ4n) is 2.79. The van der Waals surface area contributed by atoms with Crippen LogP contribution in [0.1, 0.15) is 5.56 Å². The van der Waals surface area contributed by atoms with Gasteiger partial charge in [0.25, 0.3) is 0 Å². The van der Waals surface area contributed by atoms with Crippen molar-refractivity contribution in [3.8, 4) is 11.5 Å². The molecule has 0 spiro atoms. The van der Waals surface area contributed by atoms with Crippen molar-refractivity contribution in [2.45, 2.75) is 6.54 Å². The predicted molar refractivity (Wildman–Crippen MR) is 107 cm³/mol. The minimum absolute atomic E-state index is 0.450. The number of nitrogens with one attached hydrogen (secondary N) is 2. The molecule has 142 valence electrons. The third-order valence-corrected chi connectivity index (χ3v) is 4.16. The van der Waals surface area contributed by atoms with Crippen molar-refractivity contribution in [2.75, 3.05) is 24.9 Å². The molecule has 2 heterocycles. The minimum Gasteiger partial charge on any atom is -0.497 e. The molecule has 0 bridgehead atoms. The van der Waals surface area contributed by atoms with E-state index in [4.69, 9.17) is 9.47 Å². The quantitative estimate of drug-likeness (QED) is 0.510. The van der Waals surface area contributed by atoms with Gasteiger partial charge in [0.15, 0.2) is 11.5 Å². The number of fused-ring (bicyclic) bond motifs is 1. The van der Waals surface area contributed by atoms with Crippen LogP contribution < -0.4 is 20.1 Å². The van der Waals surface area contributed by atoms with E-state index in [0.717, 1.165) is 11.3 Å². The van der Waals surface area contributed by atoms with Gasteiger partial charge in [0.05, 0.1) is 14.2 Å². The van der Waals surface area contributed by atoms with E-state index in [0.29, 0.717) is 35.5 Å². The van der Waals surface area contributed by atoms with Crippen LogP contribution in [0.3, 0.4) is 0 Å². The van der Waals surface area contributed by atoms with Crippen molar-refractivity contribution in [2.24, 2.45) is 0 Å². The first-order chi connectivity index (χ1) is 13.7. The average molecular weight is 376 g/mol. The van der Waals surface area contributed by atoms with Gasteiger partial charge in [0.2, 0.25) is 5.95 Å². The van der Waals surface area contributed by atoms with Crippen LogP contribution in [-0.4, -0.2) is 33.8 Å². The van der Waals surface area contributed by atoms with Gasteiger partial charge in [-0.3, -0.25) is 0 Å². The van der Waals surface area contributed by atoms with Crippen LogP contribution in [0.15, 0.2) is 60.9 Å². The summed E-state index contributed by atoms with van der Waals surface area (Å²) >= 11 is 0. The van der Waals surface area contributed by atoms with E-state index in [2.05, 4.69) is 37.8 Å². The van der Waals surface area contributed by atoms with Gasteiger partial charge in [-0.05, 0) is 5.56 Å². The lowest BCUT2D eigenvalue weighted by Crippen LogP contribution is -2.03. The van der Waals surface area contributed by atoms with E-state index < -0.39 is 0 Å². The van der Waals surface area contributed by atoms with Crippen LogP contribution in [0, 0.1) is 0 Å². The van der Waals surface area contributed by atoms with Gasteiger partial charge in [-0.1, -0.05) is 30.3 Å². The Balaban J connectivity index is 1.58. The Morgan fingerprint density at radius 3 is 2.46 bits per heavy atom. The summed E-state index contributed by atoms with van der Waals surface area (Å²) in [5.74, 6) is 2.47. The molecule has 0 atom stereocenters. The van der Waals surface area contributed by atoms with Crippen molar-refractivity contribution in [1.82, 2.24) is 19.6 Å². The summed E-state index contributed by atoms with van der Waals surface area (Å²) in [7, 11) is 3.22. The maximum Gasteiger partial charge on any atom is 0.247 e. The number of hydrogen-bond acceptors (Lipinski definition) is 7. The van der Waals surface area contributed by atoms with Crippen LogP contribution in [-0.2, 0) is 6.54 Å². The molecule has 0 radical (unpaired) electrons. The molecule has 0 aliphatic rings. The molecule has 0 saturated carbocycles. The number of hydrogen-bond donors (Lipinski definition) is 2. The Morgan fingerprint density at radius 1 is 1.00 bits per heavy atom. The number of anilines is 3. The molecule has 0 aliphatic carbocycles. The molecule has 28 heavy (non-hydrogen) atoms. The van der Waals surface area contributed by atoms with Crippen LogP contribution in [0.5, 0.6) is 11.5 Å². The highest BCUT2D eigenvalue weighted by Crippen LogP contribution is 2.27. The van der Waals surface area contributed by atoms with Crippen molar-refractivity contribution in [3.63, 3.8) is 0 Å². The molecular weight excluding hydrogens is 356 g/mol. The largest absolute Gasteiger partial charge is 0.497 e. The normalized spacial score (nSPS) is 10.6. The third kappa shape index (κ3) is 3.80. The summed E-state index contributed by atoms with van der Waals surface area (Å²) in [6, 6.07) is 15.6. The summed E-state index contributed by atoms with van der Waals surface area (Å²) in [4.78, 5) is 8.96. The summed E-state index contributed by atoms with van der Waals surface area (Å²) in [6.07, 6.45) is 3.45. The fourth-order valence-corrected chi connectivity index (χ4v) is 2.79. The SMILES string of the molecule is COc1cc(Nc2nc3c(NCc4ccccc4)nccn3n2)cc(OC)c1. The zero-order valence-electron chi connectivity index (χ0n) is 15.6. The highest BCUT2D eigenvalue weighted by molar-refractivity contribution is 5.66. The number of benzene rings is 2. The van der Waals surface area contributed by atoms with Gasteiger partial charge in [-0.25, -0.2) is 9.50 Å². The topological polar surface area (TPSA) is 85.6 Å². The summed E-state index contributed by atoms with van der Waals surface area (Å²) in [6.45, 7) is 0.649. The van der Waals surface area contributed by atoms with E-state index in [9.17, 15) is 0 Å². The van der Waals surface area contributed by atoms with Crippen molar-refractivity contribution in [3.05, 3.63) is 66.5 Å². The van der Waals surface area contributed by atoms with Crippen LogP contribution in [0.2, 0.25) is 0 Å². The number of ether oxygens (including phenoxy) is 2. The molecule has 0 unspecified atom stereocenters. The second kappa shape index (κ2) is 7.83. The van der Waals surface area contributed by atoms with Gasteiger partial charge in [0.1, 0.15) is 11.5 Å². The lowest BCUT2D eigenvalue weighted by molar-refractivity contribution is 0.395. The molecule has 2 aromatic heterocycles. The maximum atomic E-state index is 5.30. The second-order valence-electron chi connectivity index (χ2n) is 6.04. The van der Waals surface area contributed by atoms with E-state index in [1.165, 1.54) is 0 Å². The Hall–Kier alpha value is -3.81. The van der Waals surface area contributed by atoms with E-state index >= 15 is 0 Å². The lowest BCUT2D eigenvalue weighted by Gasteiger charge is -2.08. The zero-order chi connectivity index (χ0) is 19.3. The van der Waals surface area contributed by atoms with Gasteiger partial charge >= 0.3 is 0 Å². The van der Waals surface area contributed by atoms with Gasteiger partial charge in [-0.15, -0.1) is 5.10 Å². The van der Waals surface area contributed by atoms with E-state index in [-0.39, 0.29) is 0 Å². The number of nitrogens with zero attached hydrogens (tertiary/aromatic N) is 4. The molecule has 8 heteroatoms. The average Bonchev–Trinajstić information content (AvgIpc) is 3.15. The lowest BCUT2D eigenvalue weighted by atomic mass is 10.2. The van der Waals surface area contributed by atoms with Crippen molar-refractivity contribution < 1.29 is 9.47 Å². The Labute approximate surface area is 162 Å². The Morgan fingerprint density at radius 2 is 1.75 bits per heavy atom.